The van der Waals surface area contributed by atoms with Gasteiger partial charge in [0.25, 0.3) is 0 Å². The maximum Gasteiger partial charge on any atom is 0.410 e. The molecule has 3 aromatic rings. The lowest BCUT2D eigenvalue weighted by Crippen LogP contribution is -2.75. The third-order valence-electron chi connectivity index (χ3n) is 8.04. The summed E-state index contributed by atoms with van der Waals surface area (Å²) in [6.45, 7) is 14.7. The van der Waals surface area contributed by atoms with Gasteiger partial charge >= 0.3 is 6.09 Å². The Morgan fingerprint density at radius 3 is 2.50 bits per heavy atom. The van der Waals surface area contributed by atoms with Crippen molar-refractivity contribution in [3.63, 3.8) is 0 Å². The van der Waals surface area contributed by atoms with Crippen LogP contribution in [0.15, 0.2) is 24.7 Å². The minimum absolute atomic E-state index is 0.234. The van der Waals surface area contributed by atoms with Crippen LogP contribution in [0.25, 0.3) is 16.6 Å². The Kier molecular flexibility index (Phi) is 6.38. The Morgan fingerprint density at radius 1 is 1.18 bits per heavy atom. The zero-order valence-electron chi connectivity index (χ0n) is 23.4. The van der Waals surface area contributed by atoms with E-state index in [-0.39, 0.29) is 11.6 Å². The minimum atomic E-state index is -0.494. The van der Waals surface area contributed by atoms with Gasteiger partial charge in [0, 0.05) is 42.7 Å². The number of pyridine rings is 1. The molecular weight excluding hydrogens is 482 g/mol. The standard InChI is InChI=1S/C28H37N7O3/c1-18-22(19-12-23(37-7)25-20(13-29)14-30-34(25)16-19)15-31-35(18)21-8-10-32(11-9-21)24-17-33(28(24,5)6)26(36)38-27(2,3)4/h12,14-16,21,24H,8-11,17H2,1-7H3. The van der Waals surface area contributed by atoms with Crippen molar-refractivity contribution in [2.45, 2.75) is 77.6 Å². The molecule has 5 heterocycles. The van der Waals surface area contributed by atoms with Gasteiger partial charge in [0.15, 0.2) is 0 Å². The number of amides is 1. The van der Waals surface area contributed by atoms with E-state index in [9.17, 15) is 10.1 Å². The molecule has 2 saturated heterocycles. The first-order valence-corrected chi connectivity index (χ1v) is 13.2. The maximum atomic E-state index is 12.7. The van der Waals surface area contributed by atoms with Crippen LogP contribution in [0.1, 0.15) is 64.8 Å². The molecule has 1 unspecified atom stereocenters. The number of piperidine rings is 1. The molecule has 0 bridgehead atoms. The second-order valence-corrected chi connectivity index (χ2v) is 11.9. The van der Waals surface area contributed by atoms with Crippen LogP contribution in [0, 0.1) is 18.3 Å². The van der Waals surface area contributed by atoms with Crippen molar-refractivity contribution in [3.05, 3.63) is 35.9 Å². The molecule has 2 fully saturated rings. The third-order valence-corrected chi connectivity index (χ3v) is 8.04. The number of carbonyl (C=O) groups excluding carboxylic acids is 1. The Hall–Kier alpha value is -3.58. The number of nitrogens with zero attached hydrogens (tertiary/aromatic N) is 7. The molecule has 0 spiro atoms. The van der Waals surface area contributed by atoms with Crippen molar-refractivity contribution in [1.29, 1.82) is 5.26 Å². The molecule has 0 N–H and O–H groups in total. The van der Waals surface area contributed by atoms with Gasteiger partial charge in [0.2, 0.25) is 0 Å². The van der Waals surface area contributed by atoms with Gasteiger partial charge in [-0.05, 0) is 60.5 Å². The molecule has 2 aliphatic rings. The first-order chi connectivity index (χ1) is 17.9. The summed E-state index contributed by atoms with van der Waals surface area (Å²) in [7, 11) is 1.60. The van der Waals surface area contributed by atoms with Gasteiger partial charge in [-0.25, -0.2) is 9.31 Å². The molecule has 38 heavy (non-hydrogen) atoms. The predicted octanol–water partition coefficient (Wildman–Crippen LogP) is 4.42. The second kappa shape index (κ2) is 9.31. The number of carbonyl (C=O) groups is 1. The molecule has 0 aliphatic carbocycles. The number of aromatic nitrogens is 4. The number of ether oxygens (including phenoxy) is 2. The lowest BCUT2D eigenvalue weighted by molar-refractivity contribution is -0.0952. The van der Waals surface area contributed by atoms with Crippen LogP contribution in [0.3, 0.4) is 0 Å². The fourth-order valence-corrected chi connectivity index (χ4v) is 5.87. The van der Waals surface area contributed by atoms with Crippen LogP contribution in [0.2, 0.25) is 0 Å². The Balaban J connectivity index is 1.27. The van der Waals surface area contributed by atoms with E-state index in [1.165, 1.54) is 0 Å². The van der Waals surface area contributed by atoms with Gasteiger partial charge in [0.1, 0.15) is 28.5 Å². The lowest BCUT2D eigenvalue weighted by Gasteiger charge is -2.59. The highest BCUT2D eigenvalue weighted by atomic mass is 16.6. The van der Waals surface area contributed by atoms with E-state index in [0.29, 0.717) is 35.5 Å². The first-order valence-electron chi connectivity index (χ1n) is 13.2. The Morgan fingerprint density at radius 2 is 1.89 bits per heavy atom. The van der Waals surface area contributed by atoms with Crippen molar-refractivity contribution in [1.82, 2.24) is 29.2 Å². The number of likely N-dealkylation sites (tertiary alicyclic amines) is 2. The number of rotatable bonds is 4. The minimum Gasteiger partial charge on any atom is -0.494 e. The average Bonchev–Trinajstić information content (AvgIpc) is 3.45. The Labute approximate surface area is 223 Å². The van der Waals surface area contributed by atoms with Crippen LogP contribution in [-0.4, -0.2) is 79.2 Å². The molecule has 0 aromatic carbocycles. The van der Waals surface area contributed by atoms with Crippen LogP contribution >= 0.6 is 0 Å². The number of nitriles is 1. The van der Waals surface area contributed by atoms with Gasteiger partial charge in [-0.2, -0.15) is 15.5 Å². The average molecular weight is 520 g/mol. The zero-order valence-corrected chi connectivity index (χ0v) is 23.4. The smallest absolute Gasteiger partial charge is 0.410 e. The molecule has 202 valence electrons. The second-order valence-electron chi connectivity index (χ2n) is 11.9. The number of hydrogen-bond acceptors (Lipinski definition) is 7. The van der Waals surface area contributed by atoms with E-state index >= 15 is 0 Å². The molecule has 10 nitrogen and oxygen atoms in total. The highest BCUT2D eigenvalue weighted by molar-refractivity contribution is 5.76. The summed E-state index contributed by atoms with van der Waals surface area (Å²) in [5.41, 5.74) is 3.46. The maximum absolute atomic E-state index is 12.7. The third kappa shape index (κ3) is 4.39. The molecule has 5 rings (SSSR count). The fourth-order valence-electron chi connectivity index (χ4n) is 5.87. The number of methoxy groups -OCH3 is 1. The van der Waals surface area contributed by atoms with E-state index in [1.54, 1.807) is 17.8 Å². The van der Waals surface area contributed by atoms with Crippen LogP contribution in [-0.2, 0) is 4.74 Å². The summed E-state index contributed by atoms with van der Waals surface area (Å²) in [6, 6.07) is 4.75. The molecule has 1 atom stereocenters. The van der Waals surface area contributed by atoms with Crippen LogP contribution < -0.4 is 4.74 Å². The van der Waals surface area contributed by atoms with E-state index in [2.05, 4.69) is 41.5 Å². The fraction of sp³-hybridized carbons (Fsp3) is 0.571. The van der Waals surface area contributed by atoms with Gasteiger partial charge in [0.05, 0.1) is 37.1 Å². The molecule has 2 aliphatic heterocycles. The highest BCUT2D eigenvalue weighted by Gasteiger charge is 2.53. The molecule has 1 amide bonds. The summed E-state index contributed by atoms with van der Waals surface area (Å²) in [6.07, 6.45) is 7.14. The lowest BCUT2D eigenvalue weighted by atomic mass is 9.81. The number of fused-ring (bicyclic) bond motifs is 1. The summed E-state index contributed by atoms with van der Waals surface area (Å²) in [5, 5.41) is 18.5. The van der Waals surface area contributed by atoms with Crippen molar-refractivity contribution >= 4 is 11.6 Å². The predicted molar refractivity (Wildman–Crippen MR) is 143 cm³/mol. The van der Waals surface area contributed by atoms with E-state index < -0.39 is 5.60 Å². The topological polar surface area (TPSA) is 101 Å². The Bertz CT molecular complexity index is 1400. The van der Waals surface area contributed by atoms with Crippen LogP contribution in [0.4, 0.5) is 4.79 Å². The molecule has 3 aromatic heterocycles. The number of hydrogen-bond donors (Lipinski definition) is 0. The van der Waals surface area contributed by atoms with Crippen LogP contribution in [0.5, 0.6) is 5.75 Å². The van der Waals surface area contributed by atoms with Gasteiger partial charge < -0.3 is 9.47 Å². The summed E-state index contributed by atoms with van der Waals surface area (Å²) >= 11 is 0. The van der Waals surface area contributed by atoms with E-state index in [1.807, 2.05) is 44.1 Å². The highest BCUT2D eigenvalue weighted by Crippen LogP contribution is 2.39. The van der Waals surface area contributed by atoms with Crippen molar-refractivity contribution in [3.8, 4) is 22.9 Å². The quantitative estimate of drug-likeness (QED) is 0.503. The summed E-state index contributed by atoms with van der Waals surface area (Å²) in [5.74, 6) is 0.612. The van der Waals surface area contributed by atoms with Gasteiger partial charge in [-0.1, -0.05) is 0 Å². The first kappa shape index (κ1) is 26.0. The van der Waals surface area contributed by atoms with Gasteiger partial charge in [-0.15, -0.1) is 0 Å². The molecule has 0 saturated carbocycles. The zero-order chi connectivity index (χ0) is 27.4. The molecule has 0 radical (unpaired) electrons. The summed E-state index contributed by atoms with van der Waals surface area (Å²) in [4.78, 5) is 17.0. The normalized spacial score (nSPS) is 20.3. The van der Waals surface area contributed by atoms with Crippen molar-refractivity contribution in [2.24, 2.45) is 0 Å². The van der Waals surface area contributed by atoms with Gasteiger partial charge in [-0.3, -0.25) is 14.5 Å². The van der Waals surface area contributed by atoms with Crippen molar-refractivity contribution in [2.75, 3.05) is 26.7 Å². The largest absolute Gasteiger partial charge is 0.494 e. The van der Waals surface area contributed by atoms with E-state index in [0.717, 1.165) is 42.8 Å². The molecular formula is C28H37N7O3. The van der Waals surface area contributed by atoms with Crippen molar-refractivity contribution < 1.29 is 14.3 Å². The summed E-state index contributed by atoms with van der Waals surface area (Å²) < 4.78 is 15.0. The SMILES string of the molecule is COc1cc(-c2cnn(C3CCN(C4CN(C(=O)OC(C)(C)C)C4(C)C)CC3)c2C)cn2ncc(C#N)c12. The molecule has 10 heteroatoms. The monoisotopic (exact) mass is 519 g/mol. The van der Waals surface area contributed by atoms with E-state index in [4.69, 9.17) is 14.6 Å².